The molecule has 1 N–H and O–H groups in total. The zero-order valence-corrected chi connectivity index (χ0v) is 14.7. The van der Waals surface area contributed by atoms with Crippen molar-refractivity contribution in [3.8, 4) is 5.75 Å². The van der Waals surface area contributed by atoms with Crippen LogP contribution in [0.2, 0.25) is 0 Å². The van der Waals surface area contributed by atoms with E-state index in [1.165, 1.54) is 5.56 Å². The molecule has 0 fully saturated rings. The van der Waals surface area contributed by atoms with Crippen LogP contribution in [0.25, 0.3) is 0 Å². The number of benzene rings is 2. The smallest absolute Gasteiger partial charge is 0.272 e. The molecule has 26 heavy (non-hydrogen) atoms. The van der Waals surface area contributed by atoms with Crippen LogP contribution in [0.3, 0.4) is 0 Å². The Balaban J connectivity index is 1.76. The highest BCUT2D eigenvalue weighted by Crippen LogP contribution is 2.22. The largest absolute Gasteiger partial charge is 0.481 e. The Kier molecular flexibility index (Phi) is 6.66. The van der Waals surface area contributed by atoms with Gasteiger partial charge in [-0.25, -0.2) is 4.39 Å². The summed E-state index contributed by atoms with van der Waals surface area (Å²) in [6.07, 6.45) is 0.677. The Hall–Kier alpha value is -2.96. The first kappa shape index (κ1) is 19.4. The fraction of sp³-hybridized carbons (Fsp3) is 0.316. The van der Waals surface area contributed by atoms with Gasteiger partial charge in [-0.2, -0.15) is 0 Å². The molecular formula is C19H21FN2O4. The van der Waals surface area contributed by atoms with Crippen molar-refractivity contribution in [3.63, 3.8) is 0 Å². The highest BCUT2D eigenvalue weighted by molar-refractivity contribution is 5.77. The number of hydrogen-bond donors (Lipinski definition) is 1. The Morgan fingerprint density at radius 2 is 1.92 bits per heavy atom. The second-order valence-corrected chi connectivity index (χ2v) is 6.16. The molecule has 138 valence electrons. The summed E-state index contributed by atoms with van der Waals surface area (Å²) in [4.78, 5) is 21.6. The van der Waals surface area contributed by atoms with Crippen molar-refractivity contribution in [3.05, 3.63) is 69.5 Å². The summed E-state index contributed by atoms with van der Waals surface area (Å²) in [6.45, 7) is 4.33. The molecule has 2 aromatic carbocycles. The molecule has 0 aliphatic heterocycles. The zero-order valence-electron chi connectivity index (χ0n) is 14.7. The maximum absolute atomic E-state index is 13.7. The van der Waals surface area contributed by atoms with Gasteiger partial charge in [0.1, 0.15) is 0 Å². The number of halogens is 1. The number of amides is 1. The maximum atomic E-state index is 13.7. The second kappa shape index (κ2) is 8.94. The number of non-ortho nitro benzene ring substituents is 1. The van der Waals surface area contributed by atoms with Crippen LogP contribution < -0.4 is 10.1 Å². The molecule has 0 unspecified atom stereocenters. The van der Waals surface area contributed by atoms with Gasteiger partial charge in [-0.1, -0.05) is 38.1 Å². The summed E-state index contributed by atoms with van der Waals surface area (Å²) in [7, 11) is 0. The first-order valence-electron chi connectivity index (χ1n) is 8.29. The number of nitrogens with one attached hydrogen (secondary N) is 1. The third-order valence-corrected chi connectivity index (χ3v) is 3.87. The third kappa shape index (κ3) is 5.54. The van der Waals surface area contributed by atoms with E-state index in [-0.39, 0.29) is 24.0 Å². The molecule has 0 atom stereocenters. The lowest BCUT2D eigenvalue weighted by molar-refractivity contribution is -0.385. The number of hydrogen-bond acceptors (Lipinski definition) is 4. The first-order chi connectivity index (χ1) is 12.4. The minimum absolute atomic E-state index is 0.199. The van der Waals surface area contributed by atoms with Gasteiger partial charge in [0, 0.05) is 12.6 Å². The highest BCUT2D eigenvalue weighted by atomic mass is 19.1. The van der Waals surface area contributed by atoms with E-state index in [4.69, 9.17) is 4.74 Å². The number of rotatable bonds is 8. The Labute approximate surface area is 151 Å². The molecule has 0 bridgehead atoms. The Morgan fingerprint density at radius 3 is 2.50 bits per heavy atom. The van der Waals surface area contributed by atoms with Gasteiger partial charge in [-0.15, -0.1) is 0 Å². The SMILES string of the molecule is CC(C)c1ccc(CCNC(=O)COc2ccc([N+](=O)[O-])cc2F)cc1. The van der Waals surface area contributed by atoms with Crippen molar-refractivity contribution in [1.82, 2.24) is 5.32 Å². The summed E-state index contributed by atoms with van der Waals surface area (Å²) in [5.41, 5.74) is 2.00. The molecule has 2 aromatic rings. The van der Waals surface area contributed by atoms with E-state index in [2.05, 4.69) is 31.3 Å². The van der Waals surface area contributed by atoms with E-state index >= 15 is 0 Å². The van der Waals surface area contributed by atoms with E-state index in [1.807, 2.05) is 12.1 Å². The molecule has 0 spiro atoms. The topological polar surface area (TPSA) is 81.5 Å². The lowest BCUT2D eigenvalue weighted by atomic mass is 10.0. The monoisotopic (exact) mass is 360 g/mol. The van der Waals surface area contributed by atoms with Crippen molar-refractivity contribution in [2.24, 2.45) is 0 Å². The van der Waals surface area contributed by atoms with Gasteiger partial charge < -0.3 is 10.1 Å². The number of carbonyl (C=O) groups is 1. The van der Waals surface area contributed by atoms with Crippen LogP contribution in [0.15, 0.2) is 42.5 Å². The molecule has 0 heterocycles. The summed E-state index contributed by atoms with van der Waals surface area (Å²) in [5.74, 6) is -0.991. The molecule has 0 aliphatic carbocycles. The fourth-order valence-corrected chi connectivity index (χ4v) is 2.33. The van der Waals surface area contributed by atoms with Crippen LogP contribution in [-0.2, 0) is 11.2 Å². The van der Waals surface area contributed by atoms with Crippen molar-refractivity contribution in [1.29, 1.82) is 0 Å². The number of nitro groups is 1. The van der Waals surface area contributed by atoms with Crippen LogP contribution >= 0.6 is 0 Å². The van der Waals surface area contributed by atoms with Crippen LogP contribution in [0.1, 0.15) is 30.9 Å². The molecule has 7 heteroatoms. The van der Waals surface area contributed by atoms with Crippen LogP contribution in [0.5, 0.6) is 5.75 Å². The average molecular weight is 360 g/mol. The lowest BCUT2D eigenvalue weighted by Crippen LogP contribution is -2.30. The standard InChI is InChI=1S/C19H21FN2O4/c1-13(2)15-5-3-14(4-6-15)9-10-21-19(23)12-26-18-8-7-16(22(24)25)11-17(18)20/h3-8,11,13H,9-10,12H2,1-2H3,(H,21,23). The Bertz CT molecular complexity index is 776. The molecule has 6 nitrogen and oxygen atoms in total. The van der Waals surface area contributed by atoms with Crippen LogP contribution in [-0.4, -0.2) is 24.0 Å². The predicted octanol–water partition coefficient (Wildman–Crippen LogP) is 3.60. The molecule has 0 radical (unpaired) electrons. The number of carbonyl (C=O) groups excluding carboxylic acids is 1. The van der Waals surface area contributed by atoms with Crippen molar-refractivity contribution >= 4 is 11.6 Å². The second-order valence-electron chi connectivity index (χ2n) is 6.16. The van der Waals surface area contributed by atoms with Gasteiger partial charge >= 0.3 is 0 Å². The van der Waals surface area contributed by atoms with Gasteiger partial charge in [0.05, 0.1) is 11.0 Å². The summed E-state index contributed by atoms with van der Waals surface area (Å²) >= 11 is 0. The van der Waals surface area contributed by atoms with Gasteiger partial charge in [0.15, 0.2) is 18.2 Å². The normalized spacial score (nSPS) is 10.6. The zero-order chi connectivity index (χ0) is 19.1. The maximum Gasteiger partial charge on any atom is 0.272 e. The Morgan fingerprint density at radius 1 is 1.23 bits per heavy atom. The fourth-order valence-electron chi connectivity index (χ4n) is 2.33. The summed E-state index contributed by atoms with van der Waals surface area (Å²) in [5, 5.41) is 13.2. The minimum Gasteiger partial charge on any atom is -0.481 e. The van der Waals surface area contributed by atoms with Crippen LogP contribution in [0.4, 0.5) is 10.1 Å². The number of nitro benzene ring substituents is 1. The van der Waals surface area contributed by atoms with Gasteiger partial charge in [0.25, 0.3) is 11.6 Å². The van der Waals surface area contributed by atoms with E-state index in [1.54, 1.807) is 0 Å². The highest BCUT2D eigenvalue weighted by Gasteiger charge is 2.12. The first-order valence-corrected chi connectivity index (χ1v) is 8.29. The van der Waals surface area contributed by atoms with E-state index in [9.17, 15) is 19.3 Å². The summed E-state index contributed by atoms with van der Waals surface area (Å²) < 4.78 is 18.7. The average Bonchev–Trinajstić information content (AvgIpc) is 2.61. The molecule has 0 saturated heterocycles. The summed E-state index contributed by atoms with van der Waals surface area (Å²) in [6, 6.07) is 11.2. The van der Waals surface area contributed by atoms with E-state index in [0.29, 0.717) is 18.9 Å². The molecule has 0 aromatic heterocycles. The van der Waals surface area contributed by atoms with Gasteiger partial charge in [-0.3, -0.25) is 14.9 Å². The predicted molar refractivity (Wildman–Crippen MR) is 95.8 cm³/mol. The van der Waals surface area contributed by atoms with E-state index < -0.39 is 10.7 Å². The molecule has 2 rings (SSSR count). The quantitative estimate of drug-likeness (QED) is 0.576. The van der Waals surface area contributed by atoms with Gasteiger partial charge in [-0.05, 0) is 29.5 Å². The molecular weight excluding hydrogens is 339 g/mol. The number of nitrogens with zero attached hydrogens (tertiary/aromatic N) is 1. The van der Waals surface area contributed by atoms with E-state index in [0.717, 1.165) is 23.8 Å². The van der Waals surface area contributed by atoms with Crippen LogP contribution in [0, 0.1) is 15.9 Å². The van der Waals surface area contributed by atoms with Crippen molar-refractivity contribution in [2.75, 3.05) is 13.2 Å². The minimum atomic E-state index is -0.878. The third-order valence-electron chi connectivity index (χ3n) is 3.87. The van der Waals surface area contributed by atoms with Gasteiger partial charge in [0.2, 0.25) is 0 Å². The molecule has 0 aliphatic rings. The van der Waals surface area contributed by atoms with Crippen molar-refractivity contribution in [2.45, 2.75) is 26.2 Å². The number of ether oxygens (including phenoxy) is 1. The van der Waals surface area contributed by atoms with Crippen molar-refractivity contribution < 1.29 is 18.8 Å². The molecule has 0 saturated carbocycles. The molecule has 1 amide bonds. The lowest BCUT2D eigenvalue weighted by Gasteiger charge is -2.09.